The van der Waals surface area contributed by atoms with E-state index in [0.717, 1.165) is 27.8 Å². The van der Waals surface area contributed by atoms with Crippen LogP contribution in [-0.4, -0.2) is 17.9 Å². The van der Waals surface area contributed by atoms with Crippen LogP contribution in [-0.2, 0) is 14.3 Å². The fraction of sp³-hybridized carbons (Fsp3) is 0.105. The molecule has 2 aromatic carbocycles. The van der Waals surface area contributed by atoms with Crippen LogP contribution < -0.4 is 11.1 Å². The third-order valence-corrected chi connectivity index (χ3v) is 3.85. The van der Waals surface area contributed by atoms with E-state index in [2.05, 4.69) is 5.32 Å². The van der Waals surface area contributed by atoms with Crippen LogP contribution in [0.1, 0.15) is 24.0 Å². The van der Waals surface area contributed by atoms with Crippen molar-refractivity contribution in [2.75, 3.05) is 0 Å². The molecular weight excluding hydrogens is 320 g/mol. The van der Waals surface area contributed by atoms with Gasteiger partial charge in [0.25, 0.3) is 0 Å². The van der Waals surface area contributed by atoms with Crippen molar-refractivity contribution in [3.05, 3.63) is 65.9 Å². The zero-order chi connectivity index (χ0) is 17.8. The topological polar surface area (TPSA) is 98.5 Å². The molecule has 0 fully saturated rings. The van der Waals surface area contributed by atoms with E-state index in [1.54, 1.807) is 0 Å². The lowest BCUT2D eigenvalue weighted by Gasteiger charge is -2.05. The quantitative estimate of drug-likeness (QED) is 0.715. The number of carbonyl (C=O) groups excluding carboxylic acids is 3. The predicted molar refractivity (Wildman–Crippen MR) is 92.0 cm³/mol. The number of amides is 3. The average Bonchev–Trinajstić information content (AvgIpc) is 2.92. The first kappa shape index (κ1) is 16.4. The maximum Gasteiger partial charge on any atom is 0.418 e. The fourth-order valence-corrected chi connectivity index (χ4v) is 2.73. The van der Waals surface area contributed by atoms with Gasteiger partial charge in [0.15, 0.2) is 0 Å². The first-order valence-corrected chi connectivity index (χ1v) is 7.74. The zero-order valence-corrected chi connectivity index (χ0v) is 13.3. The van der Waals surface area contributed by atoms with Crippen molar-refractivity contribution in [3.63, 3.8) is 0 Å². The van der Waals surface area contributed by atoms with Gasteiger partial charge in [0, 0.05) is 18.4 Å². The molecular formula is C19H16N2O4. The van der Waals surface area contributed by atoms with Gasteiger partial charge in [0.05, 0.1) is 0 Å². The number of rotatable bonds is 4. The number of ether oxygens (including phenoxy) is 1. The number of benzene rings is 2. The minimum absolute atomic E-state index is 0.124. The lowest BCUT2D eigenvalue weighted by Crippen LogP contribution is -2.30. The van der Waals surface area contributed by atoms with Gasteiger partial charge in [-0.15, -0.1) is 0 Å². The molecule has 0 saturated heterocycles. The highest BCUT2D eigenvalue weighted by Gasteiger charge is 2.23. The molecule has 2 aromatic rings. The molecule has 0 radical (unpaired) electrons. The molecule has 6 nitrogen and oxygen atoms in total. The number of nitrogens with two attached hydrogens (primary N) is 1. The molecule has 25 heavy (non-hydrogen) atoms. The summed E-state index contributed by atoms with van der Waals surface area (Å²) in [6, 6.07) is 15.6. The number of fused-ring (bicyclic) bond motifs is 3. The Morgan fingerprint density at radius 3 is 1.92 bits per heavy atom. The van der Waals surface area contributed by atoms with Gasteiger partial charge < -0.3 is 10.5 Å². The molecule has 3 N–H and O–H groups in total. The van der Waals surface area contributed by atoms with Gasteiger partial charge in [-0.2, -0.15) is 0 Å². The lowest BCUT2D eigenvalue weighted by molar-refractivity contribution is -0.124. The van der Waals surface area contributed by atoms with Crippen molar-refractivity contribution < 1.29 is 19.1 Å². The molecule has 3 rings (SSSR count). The van der Waals surface area contributed by atoms with Crippen molar-refractivity contribution >= 4 is 23.5 Å². The molecule has 0 unspecified atom stereocenters. The molecule has 6 heteroatoms. The highest BCUT2D eigenvalue weighted by molar-refractivity contribution is 6.01. The van der Waals surface area contributed by atoms with Gasteiger partial charge in [-0.3, -0.25) is 14.9 Å². The largest absolute Gasteiger partial charge is 0.418 e. The predicted octanol–water partition coefficient (Wildman–Crippen LogP) is 2.57. The third kappa shape index (κ3) is 3.58. The Labute approximate surface area is 144 Å². The highest BCUT2D eigenvalue weighted by Crippen LogP contribution is 2.43. The molecule has 0 bridgehead atoms. The van der Waals surface area contributed by atoms with Gasteiger partial charge in [0.2, 0.25) is 11.8 Å². The number of alkyl carbamates (subject to hydrolysis) is 1. The third-order valence-electron chi connectivity index (χ3n) is 3.85. The van der Waals surface area contributed by atoms with E-state index in [1.807, 2.05) is 48.5 Å². The van der Waals surface area contributed by atoms with Gasteiger partial charge in [0.1, 0.15) is 6.26 Å². The SMILES string of the molecule is NC(=O)CCC(=O)NC(=O)OC=C1c2ccccc2-c2ccccc21. The van der Waals surface area contributed by atoms with Crippen LogP contribution >= 0.6 is 0 Å². The van der Waals surface area contributed by atoms with Crippen molar-refractivity contribution in [1.82, 2.24) is 5.32 Å². The summed E-state index contributed by atoms with van der Waals surface area (Å²) in [5.74, 6) is -1.22. The van der Waals surface area contributed by atoms with Crippen LogP contribution in [0.15, 0.2) is 54.8 Å². The van der Waals surface area contributed by atoms with E-state index >= 15 is 0 Å². The van der Waals surface area contributed by atoms with Gasteiger partial charge in [-0.05, 0) is 22.3 Å². The van der Waals surface area contributed by atoms with Crippen LogP contribution in [0, 0.1) is 0 Å². The van der Waals surface area contributed by atoms with Crippen LogP contribution in [0.5, 0.6) is 0 Å². The smallest absolute Gasteiger partial charge is 0.417 e. The first-order valence-electron chi connectivity index (χ1n) is 7.74. The number of hydrogen-bond donors (Lipinski definition) is 2. The van der Waals surface area contributed by atoms with Gasteiger partial charge >= 0.3 is 6.09 Å². The Hall–Kier alpha value is -3.41. The summed E-state index contributed by atoms with van der Waals surface area (Å²) >= 11 is 0. The molecule has 0 aromatic heterocycles. The van der Waals surface area contributed by atoms with Crippen LogP contribution in [0.4, 0.5) is 4.79 Å². The van der Waals surface area contributed by atoms with Crippen molar-refractivity contribution in [2.24, 2.45) is 5.73 Å². The molecule has 126 valence electrons. The number of nitrogens with one attached hydrogen (secondary N) is 1. The Bertz CT molecular complexity index is 839. The summed E-state index contributed by atoms with van der Waals surface area (Å²) in [5.41, 5.74) is 9.76. The maximum atomic E-state index is 11.8. The second-order valence-corrected chi connectivity index (χ2v) is 5.54. The van der Waals surface area contributed by atoms with Crippen LogP contribution in [0.3, 0.4) is 0 Å². The second kappa shape index (κ2) is 7.00. The van der Waals surface area contributed by atoms with Crippen LogP contribution in [0.2, 0.25) is 0 Å². The number of hydrogen-bond acceptors (Lipinski definition) is 4. The first-order chi connectivity index (χ1) is 12.1. The molecule has 3 amide bonds. The average molecular weight is 336 g/mol. The summed E-state index contributed by atoms with van der Waals surface area (Å²) in [7, 11) is 0. The van der Waals surface area contributed by atoms with Crippen molar-refractivity contribution in [2.45, 2.75) is 12.8 Å². The van der Waals surface area contributed by atoms with Crippen molar-refractivity contribution in [3.8, 4) is 11.1 Å². The molecule has 0 spiro atoms. The van der Waals surface area contributed by atoms with E-state index in [-0.39, 0.29) is 12.8 Å². The molecule has 1 aliphatic carbocycles. The molecule has 0 saturated carbocycles. The molecule has 0 aliphatic heterocycles. The molecule has 0 heterocycles. The van der Waals surface area contributed by atoms with E-state index in [9.17, 15) is 14.4 Å². The Morgan fingerprint density at radius 1 is 0.880 bits per heavy atom. The molecule has 0 atom stereocenters. The maximum absolute atomic E-state index is 11.8. The normalized spacial score (nSPS) is 11.3. The van der Waals surface area contributed by atoms with E-state index < -0.39 is 17.9 Å². The summed E-state index contributed by atoms with van der Waals surface area (Å²) in [6.45, 7) is 0. The Kier molecular flexibility index (Phi) is 4.61. The number of imide groups is 1. The summed E-state index contributed by atoms with van der Waals surface area (Å²) in [6.07, 6.45) is 0.151. The van der Waals surface area contributed by atoms with E-state index in [0.29, 0.717) is 0 Å². The molecule has 1 aliphatic rings. The van der Waals surface area contributed by atoms with Gasteiger partial charge in [-0.1, -0.05) is 48.5 Å². The summed E-state index contributed by atoms with van der Waals surface area (Å²) in [5, 5.41) is 2.05. The van der Waals surface area contributed by atoms with E-state index in [1.165, 1.54) is 6.26 Å². The van der Waals surface area contributed by atoms with Crippen LogP contribution in [0.25, 0.3) is 16.7 Å². The minimum Gasteiger partial charge on any atom is -0.417 e. The highest BCUT2D eigenvalue weighted by atomic mass is 16.5. The Balaban J connectivity index is 1.75. The van der Waals surface area contributed by atoms with Crippen molar-refractivity contribution in [1.29, 1.82) is 0 Å². The lowest BCUT2D eigenvalue weighted by atomic mass is 10.1. The number of primary amides is 1. The fourth-order valence-electron chi connectivity index (χ4n) is 2.73. The number of carbonyl (C=O) groups is 3. The summed E-state index contributed by atoms with van der Waals surface area (Å²) in [4.78, 5) is 33.9. The second-order valence-electron chi connectivity index (χ2n) is 5.54. The standard InChI is InChI=1S/C19H16N2O4/c20-17(22)9-10-18(23)21-19(24)25-11-16-14-7-3-1-5-12(14)13-6-2-4-8-15(13)16/h1-8,11H,9-10H2,(H2,20,22)(H,21,23,24). The van der Waals surface area contributed by atoms with Gasteiger partial charge in [-0.25, -0.2) is 4.79 Å². The Morgan fingerprint density at radius 2 is 1.40 bits per heavy atom. The monoisotopic (exact) mass is 336 g/mol. The minimum atomic E-state index is -0.899. The zero-order valence-electron chi connectivity index (χ0n) is 13.3. The summed E-state index contributed by atoms with van der Waals surface area (Å²) < 4.78 is 5.07. The van der Waals surface area contributed by atoms with E-state index in [4.69, 9.17) is 10.5 Å².